The molecule has 0 radical (unpaired) electrons. The number of ether oxygens (including phenoxy) is 1. The number of anilines is 1. The molecule has 0 saturated carbocycles. The van der Waals surface area contributed by atoms with Crippen LogP contribution in [0.5, 0.6) is 5.75 Å². The van der Waals surface area contributed by atoms with E-state index in [2.05, 4.69) is 21.9 Å². The zero-order valence-corrected chi connectivity index (χ0v) is 18.1. The summed E-state index contributed by atoms with van der Waals surface area (Å²) in [6.07, 6.45) is 3.02. The van der Waals surface area contributed by atoms with E-state index < -0.39 is 6.10 Å². The molecule has 2 aliphatic rings. The van der Waals surface area contributed by atoms with Gasteiger partial charge in [-0.3, -0.25) is 4.90 Å². The third kappa shape index (κ3) is 6.22. The zero-order valence-electron chi connectivity index (χ0n) is 16.4. The first-order valence-electron chi connectivity index (χ1n) is 9.83. The van der Waals surface area contributed by atoms with Crippen molar-refractivity contribution in [1.29, 1.82) is 0 Å². The number of hydrogen-bond donors (Lipinski definition) is 1. The van der Waals surface area contributed by atoms with Crippen LogP contribution in [-0.4, -0.2) is 55.4 Å². The van der Waals surface area contributed by atoms with Gasteiger partial charge in [0, 0.05) is 38.4 Å². The lowest BCUT2D eigenvalue weighted by atomic mass is 10.1. The second kappa shape index (κ2) is 11.0. The van der Waals surface area contributed by atoms with Gasteiger partial charge >= 0.3 is 0 Å². The Morgan fingerprint density at radius 3 is 2.34 bits per heavy atom. The molecule has 0 aromatic heterocycles. The number of aliphatic hydroxyl groups excluding tert-OH is 1. The molecule has 1 aliphatic heterocycles. The van der Waals surface area contributed by atoms with Gasteiger partial charge in [0.25, 0.3) is 0 Å². The van der Waals surface area contributed by atoms with Crippen LogP contribution in [0.2, 0.25) is 0 Å². The SMILES string of the molecule is Cl.Cl.OC(COc1ccc2c(c1)CCC2)CN1CCN(c2ccc(F)cc2)CC1. The van der Waals surface area contributed by atoms with E-state index in [-0.39, 0.29) is 30.6 Å². The normalized spacial score (nSPS) is 17.1. The fourth-order valence-corrected chi connectivity index (χ4v) is 4.02. The number of piperazine rings is 1. The van der Waals surface area contributed by atoms with Crippen LogP contribution in [-0.2, 0) is 12.8 Å². The number of halogens is 3. The highest BCUT2D eigenvalue weighted by atomic mass is 35.5. The van der Waals surface area contributed by atoms with Crippen molar-refractivity contribution in [2.75, 3.05) is 44.2 Å². The van der Waals surface area contributed by atoms with E-state index in [0.29, 0.717) is 13.2 Å². The molecular formula is C22H29Cl2FN2O2. The first-order valence-corrected chi connectivity index (χ1v) is 9.83. The molecule has 1 saturated heterocycles. The lowest BCUT2D eigenvalue weighted by Crippen LogP contribution is -2.49. The van der Waals surface area contributed by atoms with E-state index in [9.17, 15) is 9.50 Å². The van der Waals surface area contributed by atoms with Gasteiger partial charge in [-0.2, -0.15) is 0 Å². The van der Waals surface area contributed by atoms with Crippen LogP contribution in [0.15, 0.2) is 42.5 Å². The van der Waals surface area contributed by atoms with Crippen molar-refractivity contribution in [2.24, 2.45) is 0 Å². The fourth-order valence-electron chi connectivity index (χ4n) is 4.02. The summed E-state index contributed by atoms with van der Waals surface area (Å²) in [5.41, 5.74) is 3.87. The second-order valence-electron chi connectivity index (χ2n) is 7.51. The van der Waals surface area contributed by atoms with Crippen molar-refractivity contribution in [3.8, 4) is 5.75 Å². The Bertz CT molecular complexity index is 768. The fraction of sp³-hybridized carbons (Fsp3) is 0.455. The largest absolute Gasteiger partial charge is 0.491 e. The zero-order chi connectivity index (χ0) is 18.6. The van der Waals surface area contributed by atoms with Gasteiger partial charge in [-0.25, -0.2) is 4.39 Å². The number of aryl methyl sites for hydroxylation is 2. The summed E-state index contributed by atoms with van der Waals surface area (Å²) in [6, 6.07) is 12.9. The molecule has 4 rings (SSSR count). The Balaban J connectivity index is 0.00000150. The Morgan fingerprint density at radius 1 is 0.931 bits per heavy atom. The molecule has 4 nitrogen and oxygen atoms in total. The van der Waals surface area contributed by atoms with E-state index in [4.69, 9.17) is 4.74 Å². The predicted octanol–water partition coefficient (Wildman–Crippen LogP) is 3.72. The van der Waals surface area contributed by atoms with E-state index in [0.717, 1.165) is 44.0 Å². The molecule has 1 atom stereocenters. The van der Waals surface area contributed by atoms with Gasteiger partial charge in [-0.05, 0) is 66.8 Å². The first kappa shape index (κ1) is 23.7. The molecule has 0 bridgehead atoms. The van der Waals surface area contributed by atoms with E-state index in [1.165, 1.54) is 36.1 Å². The molecule has 160 valence electrons. The smallest absolute Gasteiger partial charge is 0.123 e. The van der Waals surface area contributed by atoms with Gasteiger partial charge in [0.2, 0.25) is 0 Å². The van der Waals surface area contributed by atoms with Crippen molar-refractivity contribution in [3.63, 3.8) is 0 Å². The van der Waals surface area contributed by atoms with E-state index in [1.807, 2.05) is 18.2 Å². The van der Waals surface area contributed by atoms with Gasteiger partial charge in [0.1, 0.15) is 24.3 Å². The molecule has 1 N–H and O–H groups in total. The average Bonchev–Trinajstić information content (AvgIpc) is 3.15. The predicted molar refractivity (Wildman–Crippen MR) is 120 cm³/mol. The molecule has 2 aromatic rings. The molecule has 0 spiro atoms. The lowest BCUT2D eigenvalue weighted by molar-refractivity contribution is 0.0663. The van der Waals surface area contributed by atoms with Crippen LogP contribution in [0, 0.1) is 5.82 Å². The maximum Gasteiger partial charge on any atom is 0.123 e. The number of β-amino-alcohol motifs (C(OH)–C–C–N with tert-alkyl or cyclic N) is 1. The van der Waals surface area contributed by atoms with Crippen LogP contribution >= 0.6 is 24.8 Å². The van der Waals surface area contributed by atoms with Crippen molar-refractivity contribution in [1.82, 2.24) is 4.90 Å². The molecule has 7 heteroatoms. The minimum Gasteiger partial charge on any atom is -0.491 e. The van der Waals surface area contributed by atoms with Gasteiger partial charge in [-0.1, -0.05) is 6.07 Å². The highest BCUT2D eigenvalue weighted by Gasteiger charge is 2.20. The van der Waals surface area contributed by atoms with Crippen molar-refractivity contribution in [2.45, 2.75) is 25.4 Å². The Labute approximate surface area is 184 Å². The van der Waals surface area contributed by atoms with Crippen LogP contribution in [0.1, 0.15) is 17.5 Å². The number of hydrogen-bond acceptors (Lipinski definition) is 4. The van der Waals surface area contributed by atoms with Crippen molar-refractivity contribution in [3.05, 3.63) is 59.4 Å². The third-order valence-electron chi connectivity index (χ3n) is 5.55. The maximum absolute atomic E-state index is 13.1. The number of aliphatic hydroxyl groups is 1. The van der Waals surface area contributed by atoms with Crippen LogP contribution in [0.3, 0.4) is 0 Å². The minimum absolute atomic E-state index is 0. The topological polar surface area (TPSA) is 35.9 Å². The standard InChI is InChI=1S/C22H27FN2O2.2ClH/c23-19-5-7-20(8-6-19)25-12-10-24(11-13-25)15-21(26)16-27-22-9-4-17-2-1-3-18(17)14-22;;/h4-9,14,21,26H,1-3,10-13,15-16H2;2*1H. The van der Waals surface area contributed by atoms with Gasteiger partial charge in [-0.15, -0.1) is 24.8 Å². The van der Waals surface area contributed by atoms with E-state index in [1.54, 1.807) is 0 Å². The molecule has 29 heavy (non-hydrogen) atoms. The third-order valence-corrected chi connectivity index (χ3v) is 5.55. The number of rotatable bonds is 6. The van der Waals surface area contributed by atoms with Gasteiger partial charge < -0.3 is 14.7 Å². The van der Waals surface area contributed by atoms with Crippen LogP contribution < -0.4 is 9.64 Å². The molecule has 1 heterocycles. The molecule has 2 aromatic carbocycles. The summed E-state index contributed by atoms with van der Waals surface area (Å²) < 4.78 is 18.9. The maximum atomic E-state index is 13.1. The summed E-state index contributed by atoms with van der Waals surface area (Å²) in [5.74, 6) is 0.653. The van der Waals surface area contributed by atoms with E-state index >= 15 is 0 Å². The van der Waals surface area contributed by atoms with Crippen molar-refractivity contribution >= 4 is 30.5 Å². The average molecular weight is 443 g/mol. The Morgan fingerprint density at radius 2 is 1.62 bits per heavy atom. The number of nitrogens with zero attached hydrogens (tertiary/aromatic N) is 2. The molecular weight excluding hydrogens is 414 g/mol. The van der Waals surface area contributed by atoms with Gasteiger partial charge in [0.05, 0.1) is 0 Å². The lowest BCUT2D eigenvalue weighted by Gasteiger charge is -2.36. The summed E-state index contributed by atoms with van der Waals surface area (Å²) >= 11 is 0. The highest BCUT2D eigenvalue weighted by molar-refractivity contribution is 5.85. The first-order chi connectivity index (χ1) is 13.2. The molecule has 1 aliphatic carbocycles. The summed E-state index contributed by atoms with van der Waals surface area (Å²) in [6.45, 7) is 4.45. The molecule has 0 amide bonds. The summed E-state index contributed by atoms with van der Waals surface area (Å²) in [7, 11) is 0. The summed E-state index contributed by atoms with van der Waals surface area (Å²) in [4.78, 5) is 4.51. The monoisotopic (exact) mass is 442 g/mol. The quantitative estimate of drug-likeness (QED) is 0.739. The Kier molecular flexibility index (Phi) is 9.03. The number of benzene rings is 2. The second-order valence-corrected chi connectivity index (χ2v) is 7.51. The summed E-state index contributed by atoms with van der Waals surface area (Å²) in [5, 5.41) is 10.3. The Hall–Kier alpha value is -1.53. The number of fused-ring (bicyclic) bond motifs is 1. The van der Waals surface area contributed by atoms with Crippen LogP contribution in [0.25, 0.3) is 0 Å². The minimum atomic E-state index is -0.504. The van der Waals surface area contributed by atoms with Crippen LogP contribution in [0.4, 0.5) is 10.1 Å². The van der Waals surface area contributed by atoms with Gasteiger partial charge in [0.15, 0.2) is 0 Å². The molecule has 1 unspecified atom stereocenters. The highest BCUT2D eigenvalue weighted by Crippen LogP contribution is 2.26. The molecule has 1 fully saturated rings. The van der Waals surface area contributed by atoms with Crippen molar-refractivity contribution < 1.29 is 14.2 Å².